The highest BCUT2D eigenvalue weighted by atomic mass is 16.5. The molecule has 1 heterocycles. The normalized spacial score (nSPS) is 27.3. The van der Waals surface area contributed by atoms with Crippen molar-refractivity contribution in [3.63, 3.8) is 0 Å². The molecule has 1 saturated heterocycles. The minimum Gasteiger partial charge on any atom is -0.480 e. The van der Waals surface area contributed by atoms with Crippen LogP contribution < -0.4 is 0 Å². The van der Waals surface area contributed by atoms with Crippen LogP contribution in [0.1, 0.15) is 26.7 Å². The van der Waals surface area contributed by atoms with E-state index in [1.807, 2.05) is 13.8 Å². The Labute approximate surface area is 107 Å². The zero-order valence-electron chi connectivity index (χ0n) is 11.1. The first-order valence-corrected chi connectivity index (χ1v) is 6.14. The third-order valence-corrected chi connectivity index (χ3v) is 3.62. The van der Waals surface area contributed by atoms with Crippen LogP contribution in [-0.4, -0.2) is 41.3 Å². The summed E-state index contributed by atoms with van der Waals surface area (Å²) in [4.78, 5) is 24.4. The molecule has 102 valence electrons. The van der Waals surface area contributed by atoms with E-state index in [0.29, 0.717) is 18.8 Å². The van der Waals surface area contributed by atoms with E-state index in [0.717, 1.165) is 0 Å². The van der Waals surface area contributed by atoms with Gasteiger partial charge in [0, 0.05) is 6.04 Å². The molecule has 5 nitrogen and oxygen atoms in total. The number of carbonyl (C=O) groups excluding carboxylic acids is 1. The first kappa shape index (κ1) is 14.5. The summed E-state index contributed by atoms with van der Waals surface area (Å²) in [5, 5.41) is 9.24. The molecule has 3 atom stereocenters. The zero-order chi connectivity index (χ0) is 13.9. The molecule has 2 unspecified atom stereocenters. The highest BCUT2D eigenvalue weighted by molar-refractivity contribution is 5.81. The molecule has 0 aromatic rings. The largest absolute Gasteiger partial charge is 0.480 e. The Hall–Kier alpha value is -1.52. The van der Waals surface area contributed by atoms with E-state index in [1.54, 1.807) is 6.08 Å². The highest BCUT2D eigenvalue weighted by Crippen LogP contribution is 2.37. The second-order valence-electron chi connectivity index (χ2n) is 4.97. The quantitative estimate of drug-likeness (QED) is 0.781. The minimum absolute atomic E-state index is 0.143. The number of carbonyl (C=O) groups is 2. The van der Waals surface area contributed by atoms with Crippen molar-refractivity contribution < 1.29 is 19.4 Å². The van der Waals surface area contributed by atoms with E-state index >= 15 is 0 Å². The SMILES string of the molecule is C=CCC1C(C(C)C)C[C@H](C(=O)O)N1C(=O)OC. The van der Waals surface area contributed by atoms with Gasteiger partial charge in [0.05, 0.1) is 7.11 Å². The summed E-state index contributed by atoms with van der Waals surface area (Å²) in [6, 6.07) is -0.939. The van der Waals surface area contributed by atoms with Crippen LogP contribution >= 0.6 is 0 Å². The smallest absolute Gasteiger partial charge is 0.410 e. The predicted octanol–water partition coefficient (Wildman–Crippen LogP) is 2.13. The van der Waals surface area contributed by atoms with Crippen LogP contribution in [0.15, 0.2) is 12.7 Å². The van der Waals surface area contributed by atoms with Crippen molar-refractivity contribution in [3.05, 3.63) is 12.7 Å². The molecule has 1 aliphatic heterocycles. The maximum Gasteiger partial charge on any atom is 0.410 e. The standard InChI is InChI=1S/C13H21NO4/c1-5-6-10-9(8(2)3)7-11(12(15)16)14(10)13(17)18-4/h5,8-11H,1,6-7H2,2-4H3,(H,15,16)/t9?,10?,11-/m1/s1. The lowest BCUT2D eigenvalue weighted by Crippen LogP contribution is -2.45. The van der Waals surface area contributed by atoms with Crippen LogP contribution in [0.3, 0.4) is 0 Å². The van der Waals surface area contributed by atoms with Gasteiger partial charge in [-0.25, -0.2) is 9.59 Å². The lowest BCUT2D eigenvalue weighted by molar-refractivity contribution is -0.142. The number of ether oxygens (including phenoxy) is 1. The molecule has 0 aromatic heterocycles. The Kier molecular flexibility index (Phi) is 4.76. The zero-order valence-corrected chi connectivity index (χ0v) is 11.1. The third-order valence-electron chi connectivity index (χ3n) is 3.62. The molecule has 1 aliphatic rings. The molecule has 0 aliphatic carbocycles. The highest BCUT2D eigenvalue weighted by Gasteiger charge is 2.47. The first-order valence-electron chi connectivity index (χ1n) is 6.14. The Bertz CT molecular complexity index is 340. The Balaban J connectivity index is 3.06. The maximum atomic E-state index is 11.8. The lowest BCUT2D eigenvalue weighted by atomic mass is 9.86. The van der Waals surface area contributed by atoms with Crippen molar-refractivity contribution in [1.82, 2.24) is 4.90 Å². The summed E-state index contributed by atoms with van der Waals surface area (Å²) >= 11 is 0. The van der Waals surface area contributed by atoms with Crippen LogP contribution in [0.2, 0.25) is 0 Å². The van der Waals surface area contributed by atoms with Crippen molar-refractivity contribution in [2.24, 2.45) is 11.8 Å². The Morgan fingerprint density at radius 1 is 1.56 bits per heavy atom. The van der Waals surface area contributed by atoms with Crippen molar-refractivity contribution in [3.8, 4) is 0 Å². The number of likely N-dealkylation sites (tertiary alicyclic amines) is 1. The van der Waals surface area contributed by atoms with E-state index in [1.165, 1.54) is 12.0 Å². The van der Waals surface area contributed by atoms with E-state index in [2.05, 4.69) is 6.58 Å². The summed E-state index contributed by atoms with van der Waals surface area (Å²) in [5.41, 5.74) is 0. The third kappa shape index (κ3) is 2.66. The van der Waals surface area contributed by atoms with Gasteiger partial charge in [-0.15, -0.1) is 6.58 Å². The van der Waals surface area contributed by atoms with E-state index in [9.17, 15) is 14.7 Å². The molecule has 0 bridgehead atoms. The molecule has 1 N–H and O–H groups in total. The number of aliphatic carboxylic acids is 1. The van der Waals surface area contributed by atoms with Gasteiger partial charge in [0.2, 0.25) is 0 Å². The fraction of sp³-hybridized carbons (Fsp3) is 0.692. The van der Waals surface area contributed by atoms with E-state index < -0.39 is 18.1 Å². The predicted molar refractivity (Wildman–Crippen MR) is 67.2 cm³/mol. The van der Waals surface area contributed by atoms with Crippen LogP contribution in [-0.2, 0) is 9.53 Å². The summed E-state index contributed by atoms with van der Waals surface area (Å²) in [5.74, 6) is -0.507. The van der Waals surface area contributed by atoms with Crippen LogP contribution in [0, 0.1) is 11.8 Å². The summed E-state index contributed by atoms with van der Waals surface area (Å²) in [6.07, 6.45) is 2.21. The number of amides is 1. The van der Waals surface area contributed by atoms with E-state index in [-0.39, 0.29) is 12.0 Å². The van der Waals surface area contributed by atoms with Crippen molar-refractivity contribution in [1.29, 1.82) is 0 Å². The number of rotatable bonds is 4. The maximum absolute atomic E-state index is 11.8. The average Bonchev–Trinajstić information content (AvgIpc) is 2.68. The van der Waals surface area contributed by atoms with Crippen molar-refractivity contribution >= 4 is 12.1 Å². The number of carboxylic acid groups (broad SMARTS) is 1. The molecule has 0 saturated carbocycles. The number of methoxy groups -OCH3 is 1. The molecule has 5 heteroatoms. The van der Waals surface area contributed by atoms with E-state index in [4.69, 9.17) is 4.74 Å². The van der Waals surface area contributed by atoms with Crippen LogP contribution in [0.25, 0.3) is 0 Å². The van der Waals surface area contributed by atoms with Crippen molar-refractivity contribution in [2.45, 2.75) is 38.8 Å². The second kappa shape index (κ2) is 5.89. The fourth-order valence-corrected chi connectivity index (χ4v) is 2.73. The number of hydrogen-bond donors (Lipinski definition) is 1. The summed E-state index contributed by atoms with van der Waals surface area (Å²) < 4.78 is 4.71. The Morgan fingerprint density at radius 3 is 2.56 bits per heavy atom. The molecular formula is C13H21NO4. The van der Waals surface area contributed by atoms with Gasteiger partial charge in [0.25, 0.3) is 0 Å². The molecule has 0 spiro atoms. The number of hydrogen-bond acceptors (Lipinski definition) is 3. The van der Waals surface area contributed by atoms with Crippen LogP contribution in [0.4, 0.5) is 4.79 Å². The van der Waals surface area contributed by atoms with Gasteiger partial charge in [-0.3, -0.25) is 4.90 Å². The number of nitrogens with zero attached hydrogens (tertiary/aromatic N) is 1. The van der Waals surface area contributed by atoms with Crippen LogP contribution in [0.5, 0.6) is 0 Å². The van der Waals surface area contributed by atoms with Gasteiger partial charge < -0.3 is 9.84 Å². The fourth-order valence-electron chi connectivity index (χ4n) is 2.73. The first-order chi connectivity index (χ1) is 8.43. The second-order valence-corrected chi connectivity index (χ2v) is 4.97. The lowest BCUT2D eigenvalue weighted by Gasteiger charge is -2.29. The monoisotopic (exact) mass is 255 g/mol. The topological polar surface area (TPSA) is 66.8 Å². The van der Waals surface area contributed by atoms with Crippen molar-refractivity contribution in [2.75, 3.05) is 7.11 Å². The minimum atomic E-state index is -0.974. The molecular weight excluding hydrogens is 234 g/mol. The molecule has 1 amide bonds. The average molecular weight is 255 g/mol. The molecule has 0 radical (unpaired) electrons. The Morgan fingerprint density at radius 2 is 2.17 bits per heavy atom. The van der Waals surface area contributed by atoms with Gasteiger partial charge in [-0.1, -0.05) is 19.9 Å². The summed E-state index contributed by atoms with van der Waals surface area (Å²) in [7, 11) is 1.27. The molecule has 1 rings (SSSR count). The van der Waals surface area contributed by atoms with Gasteiger partial charge in [-0.2, -0.15) is 0 Å². The molecule has 1 fully saturated rings. The van der Waals surface area contributed by atoms with Gasteiger partial charge in [-0.05, 0) is 24.7 Å². The van der Waals surface area contributed by atoms with Gasteiger partial charge in [0.1, 0.15) is 6.04 Å². The van der Waals surface area contributed by atoms with Gasteiger partial charge >= 0.3 is 12.1 Å². The molecule has 0 aromatic carbocycles. The molecule has 18 heavy (non-hydrogen) atoms. The number of carboxylic acids is 1. The van der Waals surface area contributed by atoms with Gasteiger partial charge in [0.15, 0.2) is 0 Å². The summed E-state index contributed by atoms with van der Waals surface area (Å²) in [6.45, 7) is 7.77.